The van der Waals surface area contributed by atoms with Crippen LogP contribution in [-0.4, -0.2) is 20.1 Å². The second-order valence-electron chi connectivity index (χ2n) is 3.66. The largest absolute Gasteiger partial charge is 0.370 e. The predicted molar refractivity (Wildman–Crippen MR) is 69.2 cm³/mol. The van der Waals surface area contributed by atoms with Crippen molar-refractivity contribution in [3.8, 4) is 0 Å². The van der Waals surface area contributed by atoms with E-state index in [4.69, 9.17) is 0 Å². The first-order valence-corrected chi connectivity index (χ1v) is 5.93. The van der Waals surface area contributed by atoms with Gasteiger partial charge in [0.1, 0.15) is 17.8 Å². The minimum absolute atomic E-state index is 0.0181. The molecule has 1 aromatic heterocycles. The van der Waals surface area contributed by atoms with Crippen molar-refractivity contribution in [2.24, 2.45) is 0 Å². The number of aromatic amines is 1. The van der Waals surface area contributed by atoms with Crippen molar-refractivity contribution in [2.75, 3.05) is 5.32 Å². The smallest absolute Gasteiger partial charge is 0.292 e. The number of nitrogens with one attached hydrogen (secondary N) is 2. The number of halogens is 1. The van der Waals surface area contributed by atoms with Gasteiger partial charge in [0.2, 0.25) is 0 Å². The highest BCUT2D eigenvalue weighted by Crippen LogP contribution is 2.30. The van der Waals surface area contributed by atoms with Crippen LogP contribution in [0.4, 0.5) is 11.4 Å². The van der Waals surface area contributed by atoms with E-state index in [1.165, 1.54) is 12.4 Å². The Morgan fingerprint density at radius 1 is 1.56 bits per heavy atom. The van der Waals surface area contributed by atoms with Crippen molar-refractivity contribution in [3.05, 3.63) is 44.9 Å². The van der Waals surface area contributed by atoms with E-state index >= 15 is 0 Å². The van der Waals surface area contributed by atoms with Gasteiger partial charge in [0.05, 0.1) is 11.0 Å². The number of hydrogen-bond acceptors (Lipinski definition) is 5. The van der Waals surface area contributed by atoms with Crippen molar-refractivity contribution in [3.63, 3.8) is 0 Å². The summed E-state index contributed by atoms with van der Waals surface area (Å²) in [6.45, 7) is 1.84. The van der Waals surface area contributed by atoms with Crippen molar-refractivity contribution in [2.45, 2.75) is 13.0 Å². The number of benzene rings is 1. The lowest BCUT2D eigenvalue weighted by atomic mass is 10.2. The van der Waals surface area contributed by atoms with E-state index in [0.29, 0.717) is 11.5 Å². The van der Waals surface area contributed by atoms with Gasteiger partial charge in [-0.3, -0.25) is 15.2 Å². The molecule has 0 aliphatic carbocycles. The number of nitro benzene ring substituents is 1. The molecule has 7 nitrogen and oxygen atoms in total. The maximum Gasteiger partial charge on any atom is 0.292 e. The summed E-state index contributed by atoms with van der Waals surface area (Å²) in [5.74, 6) is 0.615. The highest BCUT2D eigenvalue weighted by Gasteiger charge is 2.17. The summed E-state index contributed by atoms with van der Waals surface area (Å²) in [5.41, 5.74) is 0.447. The van der Waals surface area contributed by atoms with Gasteiger partial charge in [0.15, 0.2) is 0 Å². The molecule has 94 valence electrons. The first-order chi connectivity index (χ1) is 8.58. The third-order valence-electron chi connectivity index (χ3n) is 2.37. The molecule has 0 fully saturated rings. The highest BCUT2D eigenvalue weighted by molar-refractivity contribution is 9.10. The van der Waals surface area contributed by atoms with Crippen molar-refractivity contribution in [1.82, 2.24) is 15.2 Å². The lowest BCUT2D eigenvalue weighted by molar-refractivity contribution is -0.384. The number of aromatic nitrogens is 3. The Morgan fingerprint density at radius 2 is 2.33 bits per heavy atom. The monoisotopic (exact) mass is 311 g/mol. The topological polar surface area (TPSA) is 96.7 Å². The molecule has 0 spiro atoms. The Labute approximate surface area is 111 Å². The van der Waals surface area contributed by atoms with E-state index in [1.807, 2.05) is 6.92 Å². The molecule has 0 aliphatic rings. The van der Waals surface area contributed by atoms with Gasteiger partial charge in [-0.05, 0) is 19.1 Å². The maximum atomic E-state index is 10.9. The molecule has 1 unspecified atom stereocenters. The van der Waals surface area contributed by atoms with Gasteiger partial charge in [-0.1, -0.05) is 15.9 Å². The molecule has 8 heteroatoms. The van der Waals surface area contributed by atoms with E-state index in [1.54, 1.807) is 12.1 Å². The molecule has 2 rings (SSSR count). The minimum Gasteiger partial charge on any atom is -0.370 e. The standard InChI is InChI=1S/C10H10BrN5O2/c1-6(10-12-5-13-15-10)14-8-4-7(11)2-3-9(8)16(17)18/h2-6,14H,1H3,(H,12,13,15). The van der Waals surface area contributed by atoms with Crippen LogP contribution >= 0.6 is 15.9 Å². The fourth-order valence-electron chi connectivity index (χ4n) is 1.51. The van der Waals surface area contributed by atoms with Crippen LogP contribution in [0.2, 0.25) is 0 Å². The molecule has 0 bridgehead atoms. The average molecular weight is 312 g/mol. The second-order valence-corrected chi connectivity index (χ2v) is 4.57. The highest BCUT2D eigenvalue weighted by atomic mass is 79.9. The quantitative estimate of drug-likeness (QED) is 0.668. The summed E-state index contributed by atoms with van der Waals surface area (Å²) in [5, 5.41) is 20.4. The Bertz CT molecular complexity index is 557. The Kier molecular flexibility index (Phi) is 3.56. The minimum atomic E-state index is -0.429. The Hall–Kier alpha value is -1.96. The van der Waals surface area contributed by atoms with Crippen LogP contribution in [0.15, 0.2) is 29.0 Å². The van der Waals surface area contributed by atoms with Crippen LogP contribution in [0.1, 0.15) is 18.8 Å². The second kappa shape index (κ2) is 5.13. The van der Waals surface area contributed by atoms with E-state index in [2.05, 4.69) is 36.4 Å². The fourth-order valence-corrected chi connectivity index (χ4v) is 1.87. The van der Waals surface area contributed by atoms with Gasteiger partial charge in [0, 0.05) is 10.5 Å². The number of rotatable bonds is 4. The fraction of sp³-hybridized carbons (Fsp3) is 0.200. The first kappa shape index (κ1) is 12.5. The molecule has 2 N–H and O–H groups in total. The molecule has 1 aromatic carbocycles. The molecule has 1 heterocycles. The van der Waals surface area contributed by atoms with Crippen molar-refractivity contribution < 1.29 is 4.92 Å². The average Bonchev–Trinajstić information content (AvgIpc) is 2.81. The summed E-state index contributed by atoms with van der Waals surface area (Å²) in [6, 6.07) is 4.52. The predicted octanol–water partition coefficient (Wildman–Crippen LogP) is 2.65. The molecular formula is C10H10BrN5O2. The molecule has 0 saturated carbocycles. The molecular weight excluding hydrogens is 302 g/mol. The molecule has 2 aromatic rings. The van der Waals surface area contributed by atoms with Crippen LogP contribution in [-0.2, 0) is 0 Å². The molecule has 1 atom stereocenters. The number of nitro groups is 1. The Balaban J connectivity index is 2.28. The zero-order chi connectivity index (χ0) is 13.1. The summed E-state index contributed by atoms with van der Waals surface area (Å²) < 4.78 is 0.764. The van der Waals surface area contributed by atoms with Gasteiger partial charge in [-0.2, -0.15) is 5.10 Å². The summed E-state index contributed by atoms with van der Waals surface area (Å²) >= 11 is 3.29. The van der Waals surface area contributed by atoms with Crippen LogP contribution in [0.3, 0.4) is 0 Å². The molecule has 0 radical (unpaired) electrons. The van der Waals surface area contributed by atoms with Crippen LogP contribution in [0, 0.1) is 10.1 Å². The third kappa shape index (κ3) is 2.65. The van der Waals surface area contributed by atoms with Gasteiger partial charge in [-0.15, -0.1) is 0 Å². The normalized spacial score (nSPS) is 12.1. The van der Waals surface area contributed by atoms with Gasteiger partial charge < -0.3 is 5.32 Å². The van der Waals surface area contributed by atoms with E-state index in [0.717, 1.165) is 4.47 Å². The van der Waals surface area contributed by atoms with Crippen LogP contribution in [0.25, 0.3) is 0 Å². The number of anilines is 1. The lowest BCUT2D eigenvalue weighted by Crippen LogP contribution is -2.10. The van der Waals surface area contributed by atoms with E-state index in [-0.39, 0.29) is 11.7 Å². The first-order valence-electron chi connectivity index (χ1n) is 5.13. The molecule has 18 heavy (non-hydrogen) atoms. The van der Waals surface area contributed by atoms with Crippen LogP contribution < -0.4 is 5.32 Å². The van der Waals surface area contributed by atoms with Crippen molar-refractivity contribution >= 4 is 27.3 Å². The van der Waals surface area contributed by atoms with Gasteiger partial charge in [0.25, 0.3) is 5.69 Å². The maximum absolute atomic E-state index is 10.9. The summed E-state index contributed by atoms with van der Waals surface area (Å²) in [4.78, 5) is 14.5. The van der Waals surface area contributed by atoms with Gasteiger partial charge in [-0.25, -0.2) is 4.98 Å². The lowest BCUT2D eigenvalue weighted by Gasteiger charge is -2.12. The van der Waals surface area contributed by atoms with E-state index < -0.39 is 4.92 Å². The number of nitrogens with zero attached hydrogens (tertiary/aromatic N) is 3. The summed E-state index contributed by atoms with van der Waals surface area (Å²) in [7, 11) is 0. The van der Waals surface area contributed by atoms with Gasteiger partial charge >= 0.3 is 0 Å². The number of hydrogen-bond donors (Lipinski definition) is 2. The SMILES string of the molecule is CC(Nc1cc(Br)ccc1[N+](=O)[O-])c1ncn[nH]1. The van der Waals surface area contributed by atoms with Crippen LogP contribution in [0.5, 0.6) is 0 Å². The van der Waals surface area contributed by atoms with E-state index in [9.17, 15) is 10.1 Å². The third-order valence-corrected chi connectivity index (χ3v) is 2.86. The van der Waals surface area contributed by atoms with Crippen molar-refractivity contribution in [1.29, 1.82) is 0 Å². The zero-order valence-corrected chi connectivity index (χ0v) is 11.0. The molecule has 0 saturated heterocycles. The Morgan fingerprint density at radius 3 is 2.94 bits per heavy atom. The molecule has 0 aliphatic heterocycles. The summed E-state index contributed by atoms with van der Waals surface area (Å²) in [6.07, 6.45) is 1.39. The number of H-pyrrole nitrogens is 1. The zero-order valence-electron chi connectivity index (χ0n) is 9.42. The molecule has 0 amide bonds.